The molecule has 3 nitrogen and oxygen atoms in total. The highest BCUT2D eigenvalue weighted by atomic mass is 16.4. The Balaban J connectivity index is 3.79. The van der Waals surface area contributed by atoms with Gasteiger partial charge in [0.1, 0.15) is 0 Å². The van der Waals surface area contributed by atoms with Crippen LogP contribution in [0.3, 0.4) is 0 Å². The third-order valence-electron chi connectivity index (χ3n) is 0.118. The van der Waals surface area contributed by atoms with Crippen LogP contribution in [0.5, 0.6) is 0 Å². The Kier molecular flexibility index (Phi) is 0.609. The fraction of sp³-hybridized carbons (Fsp3) is 0.500. The second kappa shape index (κ2) is 1.72. The zero-order valence-corrected chi connectivity index (χ0v) is 2.39. The van der Waals surface area contributed by atoms with Gasteiger partial charge in [-0.1, -0.05) is 0 Å². The molecule has 0 aliphatic rings. The number of hydrogen-bond acceptors (Lipinski definition) is 3. The largest absolute Gasteiger partial charge is 0.549 e. The van der Waals surface area contributed by atoms with E-state index in [-0.39, 0.29) is 0 Å². The van der Waals surface area contributed by atoms with Crippen molar-refractivity contribution < 1.29 is 12.6 Å². The minimum absolute atomic E-state index is 1.90. The summed E-state index contributed by atoms with van der Waals surface area (Å²) in [7, 11) is 0. The average Bonchev–Trinajstić information content (AvgIpc) is 1.31. The van der Waals surface area contributed by atoms with E-state index in [0.717, 1.165) is 0 Å². The minimum Gasteiger partial charge on any atom is -0.549 e. The SMILES string of the molecule is [2H]C([2H])(N)C(=O)[O-]. The van der Waals surface area contributed by atoms with Gasteiger partial charge < -0.3 is 15.6 Å². The van der Waals surface area contributed by atoms with Gasteiger partial charge in [0.15, 0.2) is 0 Å². The number of carboxylic acid groups (broad SMARTS) is 1. The molecule has 2 N–H and O–H groups in total. The molecule has 0 aliphatic carbocycles. The first-order chi connectivity index (χ1) is 2.94. The topological polar surface area (TPSA) is 66.2 Å². The molecule has 3 heteroatoms. The molecule has 0 fully saturated rings. The smallest absolute Gasteiger partial charge is 0.0550 e. The number of carbonyl (C=O) groups is 1. The lowest BCUT2D eigenvalue weighted by Crippen LogP contribution is -2.30. The number of carbonyl (C=O) groups excluding carboxylic acids is 1. The first-order valence-corrected chi connectivity index (χ1v) is 0.947. The van der Waals surface area contributed by atoms with Gasteiger partial charge in [0.2, 0.25) is 0 Å². The van der Waals surface area contributed by atoms with Gasteiger partial charge in [-0.15, -0.1) is 0 Å². The van der Waals surface area contributed by atoms with E-state index in [1.54, 1.807) is 0 Å². The molecule has 0 aliphatic heterocycles. The zero-order valence-electron chi connectivity index (χ0n) is 4.39. The molecule has 5 heavy (non-hydrogen) atoms. The normalized spacial score (nSPS) is 16.2. The Bertz CT molecular complexity index is 86.2. The van der Waals surface area contributed by atoms with Crippen molar-refractivity contribution in [3.8, 4) is 0 Å². The van der Waals surface area contributed by atoms with E-state index in [0.29, 0.717) is 0 Å². The number of hydrogen-bond donors (Lipinski definition) is 1. The van der Waals surface area contributed by atoms with Crippen molar-refractivity contribution in [2.45, 2.75) is 0 Å². The predicted octanol–water partition coefficient (Wildman–Crippen LogP) is -2.31. The maximum absolute atomic E-state index is 9.41. The van der Waals surface area contributed by atoms with E-state index in [9.17, 15) is 9.90 Å². The van der Waals surface area contributed by atoms with Gasteiger partial charge in [0.25, 0.3) is 0 Å². The first-order valence-electron chi connectivity index (χ1n) is 1.95. The fourth-order valence-electron chi connectivity index (χ4n) is 0. The lowest BCUT2D eigenvalue weighted by molar-refractivity contribution is -0.303. The van der Waals surface area contributed by atoms with Crippen LogP contribution in [0.1, 0.15) is 2.74 Å². The second-order valence-corrected chi connectivity index (χ2v) is 0.432. The summed E-state index contributed by atoms with van der Waals surface area (Å²) in [4.78, 5) is 9.41. The lowest BCUT2D eigenvalue weighted by atomic mass is 10.7. The van der Waals surface area contributed by atoms with Crippen molar-refractivity contribution in [1.82, 2.24) is 0 Å². The predicted molar refractivity (Wildman–Crippen MR) is 14.1 cm³/mol. The summed E-state index contributed by atoms with van der Waals surface area (Å²) in [6, 6.07) is 0. The molecule has 0 saturated carbocycles. The van der Waals surface area contributed by atoms with E-state index < -0.39 is 12.5 Å². The molecule has 0 aromatic heterocycles. The molecule has 0 saturated heterocycles. The molecular formula is C2H4NO2-. The van der Waals surface area contributed by atoms with Crippen LogP contribution >= 0.6 is 0 Å². The lowest BCUT2D eigenvalue weighted by Gasteiger charge is -1.87. The van der Waals surface area contributed by atoms with Crippen molar-refractivity contribution in [3.05, 3.63) is 0 Å². The standard InChI is InChI=1S/C2H5NO2/c3-1-2(4)5/h1,3H2,(H,4,5)/p-1/i1D2. The monoisotopic (exact) mass is 76.0 g/mol. The van der Waals surface area contributed by atoms with Crippen LogP contribution in [0.4, 0.5) is 0 Å². The van der Waals surface area contributed by atoms with Crippen LogP contribution in [0.25, 0.3) is 0 Å². The Morgan fingerprint density at radius 3 is 2.60 bits per heavy atom. The fourth-order valence-corrected chi connectivity index (χ4v) is 0. The highest BCUT2D eigenvalue weighted by Crippen LogP contribution is 1.33. The number of aliphatic carboxylic acids is 1. The molecule has 0 aromatic rings. The number of nitrogens with two attached hydrogens (primary N) is 1. The van der Waals surface area contributed by atoms with Gasteiger partial charge >= 0.3 is 0 Å². The van der Waals surface area contributed by atoms with Crippen LogP contribution < -0.4 is 10.8 Å². The van der Waals surface area contributed by atoms with E-state index in [1.165, 1.54) is 0 Å². The molecule has 0 heterocycles. The molecule has 0 unspecified atom stereocenters. The average molecular weight is 76.1 g/mol. The summed E-state index contributed by atoms with van der Waals surface area (Å²) in [6.45, 7) is -2.69. The molecular weight excluding hydrogens is 70.0 g/mol. The Morgan fingerprint density at radius 1 is 2.40 bits per heavy atom. The van der Waals surface area contributed by atoms with Crippen molar-refractivity contribution in [3.63, 3.8) is 0 Å². The summed E-state index contributed by atoms with van der Waals surface area (Å²) in [5.41, 5.74) is 4.35. The summed E-state index contributed by atoms with van der Waals surface area (Å²) in [6.07, 6.45) is 0. The van der Waals surface area contributed by atoms with Crippen LogP contribution in [0.2, 0.25) is 0 Å². The van der Waals surface area contributed by atoms with Crippen LogP contribution in [-0.2, 0) is 4.79 Å². The zero-order chi connectivity index (χ0) is 6.08. The van der Waals surface area contributed by atoms with E-state index >= 15 is 0 Å². The Labute approximate surface area is 32.2 Å². The van der Waals surface area contributed by atoms with Gasteiger partial charge in [0, 0.05) is 9.24 Å². The molecule has 0 amide bonds. The molecule has 0 spiro atoms. The summed E-state index contributed by atoms with van der Waals surface area (Å²) in [5.74, 6) is -1.90. The Hall–Kier alpha value is -0.570. The van der Waals surface area contributed by atoms with Gasteiger partial charge in [-0.05, 0) is 0 Å². The molecule has 0 aromatic carbocycles. The van der Waals surface area contributed by atoms with Crippen LogP contribution in [-0.4, -0.2) is 12.5 Å². The molecule has 0 bridgehead atoms. The number of carboxylic acids is 1. The third-order valence-corrected chi connectivity index (χ3v) is 0.118. The van der Waals surface area contributed by atoms with Crippen molar-refractivity contribution in [1.29, 1.82) is 0 Å². The highest BCUT2D eigenvalue weighted by Gasteiger charge is 1.65. The maximum Gasteiger partial charge on any atom is 0.0550 e. The molecule has 0 atom stereocenters. The van der Waals surface area contributed by atoms with Crippen LogP contribution in [0, 0.1) is 0 Å². The highest BCUT2D eigenvalue weighted by molar-refractivity contribution is 5.66. The summed E-state index contributed by atoms with van der Waals surface area (Å²) in [5, 5.41) is 9.41. The van der Waals surface area contributed by atoms with E-state index in [4.69, 9.17) is 2.74 Å². The molecule has 0 radical (unpaired) electrons. The van der Waals surface area contributed by atoms with Crippen molar-refractivity contribution >= 4 is 5.97 Å². The molecule has 0 rings (SSSR count). The van der Waals surface area contributed by atoms with Crippen LogP contribution in [0.15, 0.2) is 0 Å². The summed E-state index contributed by atoms with van der Waals surface area (Å²) < 4.78 is 12.3. The molecule has 30 valence electrons. The van der Waals surface area contributed by atoms with Gasteiger partial charge in [-0.2, -0.15) is 0 Å². The quantitative estimate of drug-likeness (QED) is 0.382. The van der Waals surface area contributed by atoms with Crippen molar-refractivity contribution in [2.24, 2.45) is 5.73 Å². The first kappa shape index (κ1) is 1.77. The van der Waals surface area contributed by atoms with E-state index in [2.05, 4.69) is 5.73 Å². The summed E-state index contributed by atoms with van der Waals surface area (Å²) >= 11 is 0. The maximum atomic E-state index is 9.41. The number of rotatable bonds is 1. The third kappa shape index (κ3) is 3.43. The van der Waals surface area contributed by atoms with Gasteiger partial charge in [-0.3, -0.25) is 0 Å². The minimum atomic E-state index is -2.69. The second-order valence-electron chi connectivity index (χ2n) is 0.432. The van der Waals surface area contributed by atoms with Gasteiger partial charge in [0.05, 0.1) is 5.97 Å². The van der Waals surface area contributed by atoms with Gasteiger partial charge in [-0.25, -0.2) is 0 Å². The van der Waals surface area contributed by atoms with Crippen molar-refractivity contribution in [2.75, 3.05) is 6.50 Å². The van der Waals surface area contributed by atoms with E-state index in [1.807, 2.05) is 0 Å². The Morgan fingerprint density at radius 2 is 2.60 bits per heavy atom.